The maximum atomic E-state index is 9.58. The Morgan fingerprint density at radius 1 is 1.36 bits per heavy atom. The summed E-state index contributed by atoms with van der Waals surface area (Å²) >= 11 is 0. The molecule has 0 saturated heterocycles. The lowest BCUT2D eigenvalue weighted by Gasteiger charge is -2.11. The molecule has 2 heteroatoms. The molecule has 1 unspecified atom stereocenters. The number of ether oxygens (including phenoxy) is 1. The Morgan fingerprint density at radius 2 is 2.00 bits per heavy atom. The van der Waals surface area contributed by atoms with E-state index < -0.39 is 0 Å². The zero-order chi connectivity index (χ0) is 9.97. The van der Waals surface area contributed by atoms with Gasteiger partial charge in [0.2, 0.25) is 0 Å². The molecule has 2 nitrogen and oxygen atoms in total. The van der Waals surface area contributed by atoms with E-state index in [0.29, 0.717) is 12.5 Å². The molecule has 1 aliphatic rings. The highest BCUT2D eigenvalue weighted by molar-refractivity contribution is 5.26. The fourth-order valence-electron chi connectivity index (χ4n) is 1.43. The van der Waals surface area contributed by atoms with E-state index in [0.717, 1.165) is 18.6 Å². The van der Waals surface area contributed by atoms with Crippen molar-refractivity contribution in [1.82, 2.24) is 0 Å². The van der Waals surface area contributed by atoms with Crippen molar-refractivity contribution in [2.75, 3.05) is 6.61 Å². The molecule has 0 aliphatic heterocycles. The van der Waals surface area contributed by atoms with Gasteiger partial charge in [0.05, 0.1) is 6.10 Å². The quantitative estimate of drug-likeness (QED) is 0.792. The first kappa shape index (κ1) is 9.53. The van der Waals surface area contributed by atoms with Gasteiger partial charge >= 0.3 is 0 Å². The molecule has 0 bridgehead atoms. The Labute approximate surface area is 84.5 Å². The maximum absolute atomic E-state index is 9.58. The minimum Gasteiger partial charge on any atom is -0.491 e. The Kier molecular flexibility index (Phi) is 2.73. The average molecular weight is 192 g/mol. The predicted molar refractivity (Wildman–Crippen MR) is 55.4 cm³/mol. The minimum absolute atomic E-state index is 0.281. The Balaban J connectivity index is 1.82. The van der Waals surface area contributed by atoms with Crippen molar-refractivity contribution in [2.45, 2.75) is 25.9 Å². The van der Waals surface area contributed by atoms with Crippen LogP contribution in [-0.2, 0) is 0 Å². The number of aliphatic hydroxyl groups is 1. The molecular formula is C12H16O2. The summed E-state index contributed by atoms with van der Waals surface area (Å²) in [6.45, 7) is 2.47. The molecule has 1 atom stereocenters. The maximum Gasteiger partial charge on any atom is 0.119 e. The molecule has 1 aromatic carbocycles. The van der Waals surface area contributed by atoms with Crippen molar-refractivity contribution >= 4 is 0 Å². The molecule has 2 rings (SSSR count). The van der Waals surface area contributed by atoms with Crippen LogP contribution in [0.25, 0.3) is 0 Å². The second-order valence-electron chi connectivity index (χ2n) is 4.03. The zero-order valence-corrected chi connectivity index (χ0v) is 8.44. The number of hydrogen-bond donors (Lipinski definition) is 1. The highest BCUT2D eigenvalue weighted by Gasteiger charge is 2.29. The van der Waals surface area contributed by atoms with Crippen molar-refractivity contribution in [1.29, 1.82) is 0 Å². The van der Waals surface area contributed by atoms with Gasteiger partial charge in [-0.2, -0.15) is 0 Å². The molecule has 1 saturated carbocycles. The second-order valence-corrected chi connectivity index (χ2v) is 4.03. The fourth-order valence-corrected chi connectivity index (χ4v) is 1.43. The van der Waals surface area contributed by atoms with Crippen LogP contribution in [-0.4, -0.2) is 17.8 Å². The molecule has 1 aromatic rings. The highest BCUT2D eigenvalue weighted by atomic mass is 16.5. The summed E-state index contributed by atoms with van der Waals surface area (Å²) in [5.74, 6) is 1.33. The van der Waals surface area contributed by atoms with Gasteiger partial charge in [0.25, 0.3) is 0 Å². The van der Waals surface area contributed by atoms with Gasteiger partial charge in [-0.05, 0) is 37.8 Å². The van der Waals surface area contributed by atoms with Crippen molar-refractivity contribution in [3.63, 3.8) is 0 Å². The molecule has 0 aromatic heterocycles. The molecule has 14 heavy (non-hydrogen) atoms. The van der Waals surface area contributed by atoms with E-state index in [9.17, 15) is 5.11 Å². The van der Waals surface area contributed by atoms with E-state index >= 15 is 0 Å². The van der Waals surface area contributed by atoms with Crippen LogP contribution in [0, 0.1) is 12.8 Å². The van der Waals surface area contributed by atoms with Gasteiger partial charge in [-0.25, -0.2) is 0 Å². The first-order chi connectivity index (χ1) is 6.75. The third-order valence-electron chi connectivity index (χ3n) is 2.61. The lowest BCUT2D eigenvalue weighted by atomic mass is 10.2. The largest absolute Gasteiger partial charge is 0.491 e. The summed E-state index contributed by atoms with van der Waals surface area (Å²) in [5, 5.41) is 9.58. The summed E-state index contributed by atoms with van der Waals surface area (Å²) in [6.07, 6.45) is 2.02. The van der Waals surface area contributed by atoms with Gasteiger partial charge < -0.3 is 9.84 Å². The number of aliphatic hydroxyl groups excluding tert-OH is 1. The number of aryl methyl sites for hydroxylation is 1. The van der Waals surface area contributed by atoms with E-state index in [2.05, 4.69) is 0 Å². The SMILES string of the molecule is Cc1ccc(OCC(O)C2CC2)cc1. The lowest BCUT2D eigenvalue weighted by molar-refractivity contribution is 0.0894. The molecule has 1 fully saturated rings. The molecule has 1 N–H and O–H groups in total. The van der Waals surface area contributed by atoms with Gasteiger partial charge in [0, 0.05) is 0 Å². The summed E-state index contributed by atoms with van der Waals surface area (Å²) in [4.78, 5) is 0. The van der Waals surface area contributed by atoms with Gasteiger partial charge in [-0.3, -0.25) is 0 Å². The van der Waals surface area contributed by atoms with Crippen LogP contribution in [0.15, 0.2) is 24.3 Å². The Morgan fingerprint density at radius 3 is 2.57 bits per heavy atom. The van der Waals surface area contributed by atoms with Crippen LogP contribution in [0.3, 0.4) is 0 Å². The third kappa shape index (κ3) is 2.48. The molecule has 0 amide bonds. The van der Waals surface area contributed by atoms with Crippen molar-refractivity contribution in [3.05, 3.63) is 29.8 Å². The topological polar surface area (TPSA) is 29.5 Å². The molecule has 1 aliphatic carbocycles. The van der Waals surface area contributed by atoms with E-state index in [-0.39, 0.29) is 6.10 Å². The molecular weight excluding hydrogens is 176 g/mol. The van der Waals surface area contributed by atoms with Gasteiger partial charge in [0.15, 0.2) is 0 Å². The van der Waals surface area contributed by atoms with Crippen LogP contribution in [0.2, 0.25) is 0 Å². The summed E-state index contributed by atoms with van der Waals surface area (Å²) in [6, 6.07) is 7.90. The van der Waals surface area contributed by atoms with Crippen LogP contribution >= 0.6 is 0 Å². The van der Waals surface area contributed by atoms with Crippen LogP contribution in [0.1, 0.15) is 18.4 Å². The Bertz CT molecular complexity index is 288. The summed E-state index contributed by atoms with van der Waals surface area (Å²) < 4.78 is 5.47. The lowest BCUT2D eigenvalue weighted by Crippen LogP contribution is -2.19. The molecule has 0 heterocycles. The zero-order valence-electron chi connectivity index (χ0n) is 8.44. The fraction of sp³-hybridized carbons (Fsp3) is 0.500. The van der Waals surface area contributed by atoms with Crippen LogP contribution in [0.4, 0.5) is 0 Å². The first-order valence-electron chi connectivity index (χ1n) is 5.13. The minimum atomic E-state index is -0.281. The summed E-state index contributed by atoms with van der Waals surface area (Å²) in [5.41, 5.74) is 1.22. The normalized spacial score (nSPS) is 17.9. The Hall–Kier alpha value is -1.02. The van der Waals surface area contributed by atoms with Crippen molar-refractivity contribution in [3.8, 4) is 5.75 Å². The van der Waals surface area contributed by atoms with Crippen LogP contribution in [0.5, 0.6) is 5.75 Å². The number of hydrogen-bond acceptors (Lipinski definition) is 2. The van der Waals surface area contributed by atoms with Crippen LogP contribution < -0.4 is 4.74 Å². The second kappa shape index (κ2) is 4.01. The van der Waals surface area contributed by atoms with Gasteiger partial charge in [0.1, 0.15) is 12.4 Å². The number of benzene rings is 1. The predicted octanol–water partition coefficient (Wildman–Crippen LogP) is 2.14. The van der Waals surface area contributed by atoms with E-state index in [1.807, 2.05) is 31.2 Å². The standard InChI is InChI=1S/C12H16O2/c1-9-2-6-11(7-3-9)14-8-12(13)10-4-5-10/h2-3,6-7,10,12-13H,4-5,8H2,1H3. The third-order valence-corrected chi connectivity index (χ3v) is 2.61. The average Bonchev–Trinajstić information content (AvgIpc) is 3.00. The van der Waals surface area contributed by atoms with Gasteiger partial charge in [-0.15, -0.1) is 0 Å². The van der Waals surface area contributed by atoms with E-state index in [1.54, 1.807) is 0 Å². The van der Waals surface area contributed by atoms with E-state index in [4.69, 9.17) is 4.74 Å². The van der Waals surface area contributed by atoms with Crippen molar-refractivity contribution < 1.29 is 9.84 Å². The molecule has 0 spiro atoms. The molecule has 0 radical (unpaired) electrons. The molecule has 76 valence electrons. The van der Waals surface area contributed by atoms with Gasteiger partial charge in [-0.1, -0.05) is 17.7 Å². The monoisotopic (exact) mass is 192 g/mol. The van der Waals surface area contributed by atoms with Crippen molar-refractivity contribution in [2.24, 2.45) is 5.92 Å². The first-order valence-corrected chi connectivity index (χ1v) is 5.13. The smallest absolute Gasteiger partial charge is 0.119 e. The van der Waals surface area contributed by atoms with E-state index in [1.165, 1.54) is 5.56 Å². The summed E-state index contributed by atoms with van der Waals surface area (Å²) in [7, 11) is 0. The highest BCUT2D eigenvalue weighted by Crippen LogP contribution is 2.32. The number of rotatable bonds is 4.